The molecule has 0 unspecified atom stereocenters. The normalized spacial score (nSPS) is 17.0. The van der Waals surface area contributed by atoms with Crippen LogP contribution in [-0.4, -0.2) is 4.57 Å². The van der Waals surface area contributed by atoms with Gasteiger partial charge in [-0.2, -0.15) is 0 Å². The van der Waals surface area contributed by atoms with Gasteiger partial charge in [0.1, 0.15) is 0 Å². The number of halogens is 1. The molecule has 2 rings (SSSR count). The number of rotatable bonds is 2. The molecule has 1 saturated carbocycles. The first-order chi connectivity index (χ1) is 6.25. The van der Waals surface area contributed by atoms with E-state index in [9.17, 15) is 4.79 Å². The highest BCUT2D eigenvalue weighted by atomic mass is 79.9. The summed E-state index contributed by atoms with van der Waals surface area (Å²) in [7, 11) is 0. The molecule has 1 aliphatic carbocycles. The van der Waals surface area contributed by atoms with Gasteiger partial charge in [-0.1, -0.05) is 22.4 Å². The predicted octanol–water partition coefficient (Wildman–Crippen LogP) is 2.41. The van der Waals surface area contributed by atoms with Crippen LogP contribution in [0.1, 0.15) is 19.3 Å². The standard InChI is InChI=1S/C10H12BrNO/c11-9-4-5-12(10(13)6-9)7-8-2-1-3-8/h4-6,8H,1-3,7H2. The van der Waals surface area contributed by atoms with Crippen LogP contribution in [-0.2, 0) is 6.54 Å². The van der Waals surface area contributed by atoms with E-state index in [0.717, 1.165) is 16.9 Å². The van der Waals surface area contributed by atoms with Gasteiger partial charge in [-0.15, -0.1) is 0 Å². The molecule has 1 aliphatic rings. The first-order valence-corrected chi connectivity index (χ1v) is 5.41. The maximum atomic E-state index is 11.4. The number of hydrogen-bond acceptors (Lipinski definition) is 1. The zero-order chi connectivity index (χ0) is 9.26. The lowest BCUT2D eigenvalue weighted by molar-refractivity contribution is 0.273. The Kier molecular flexibility index (Phi) is 2.54. The zero-order valence-electron chi connectivity index (χ0n) is 7.37. The fourth-order valence-electron chi connectivity index (χ4n) is 1.59. The predicted molar refractivity (Wildman–Crippen MR) is 55.7 cm³/mol. The van der Waals surface area contributed by atoms with Gasteiger partial charge in [0.2, 0.25) is 0 Å². The number of hydrogen-bond donors (Lipinski definition) is 0. The van der Waals surface area contributed by atoms with Gasteiger partial charge in [0.05, 0.1) is 0 Å². The molecule has 13 heavy (non-hydrogen) atoms. The van der Waals surface area contributed by atoms with E-state index >= 15 is 0 Å². The van der Waals surface area contributed by atoms with Gasteiger partial charge in [0.25, 0.3) is 5.56 Å². The minimum atomic E-state index is 0.0984. The molecule has 70 valence electrons. The molecule has 1 heterocycles. The molecule has 2 nitrogen and oxygen atoms in total. The van der Waals surface area contributed by atoms with Crippen LogP contribution < -0.4 is 5.56 Å². The summed E-state index contributed by atoms with van der Waals surface area (Å²) >= 11 is 3.28. The molecule has 0 spiro atoms. The van der Waals surface area contributed by atoms with Crippen LogP contribution >= 0.6 is 15.9 Å². The molecule has 0 N–H and O–H groups in total. The van der Waals surface area contributed by atoms with Crippen molar-refractivity contribution in [2.24, 2.45) is 5.92 Å². The first-order valence-electron chi connectivity index (χ1n) is 4.62. The van der Waals surface area contributed by atoms with Crippen molar-refractivity contribution in [2.75, 3.05) is 0 Å². The second kappa shape index (κ2) is 3.66. The number of nitrogens with zero attached hydrogens (tertiary/aromatic N) is 1. The van der Waals surface area contributed by atoms with E-state index in [1.807, 2.05) is 12.3 Å². The van der Waals surface area contributed by atoms with Crippen LogP contribution in [0.4, 0.5) is 0 Å². The van der Waals surface area contributed by atoms with Gasteiger partial charge in [-0.25, -0.2) is 0 Å². The lowest BCUT2D eigenvalue weighted by Gasteiger charge is -2.25. The van der Waals surface area contributed by atoms with Gasteiger partial charge < -0.3 is 4.57 Å². The van der Waals surface area contributed by atoms with Crippen LogP contribution in [0.25, 0.3) is 0 Å². The Morgan fingerprint density at radius 1 is 1.54 bits per heavy atom. The van der Waals surface area contributed by atoms with Gasteiger partial charge in [0, 0.05) is 23.3 Å². The van der Waals surface area contributed by atoms with E-state index in [2.05, 4.69) is 15.9 Å². The minimum absolute atomic E-state index is 0.0984. The van der Waals surface area contributed by atoms with Crippen LogP contribution in [0.5, 0.6) is 0 Å². The Bertz CT molecular complexity index is 354. The van der Waals surface area contributed by atoms with Crippen molar-refractivity contribution in [1.29, 1.82) is 0 Å². The maximum Gasteiger partial charge on any atom is 0.251 e. The van der Waals surface area contributed by atoms with Gasteiger partial charge >= 0.3 is 0 Å². The number of pyridine rings is 1. The van der Waals surface area contributed by atoms with Crippen molar-refractivity contribution in [2.45, 2.75) is 25.8 Å². The molecule has 0 radical (unpaired) electrons. The van der Waals surface area contributed by atoms with E-state index in [1.165, 1.54) is 19.3 Å². The van der Waals surface area contributed by atoms with Crippen molar-refractivity contribution in [3.8, 4) is 0 Å². The summed E-state index contributed by atoms with van der Waals surface area (Å²) in [6.45, 7) is 0.895. The van der Waals surface area contributed by atoms with Crippen molar-refractivity contribution >= 4 is 15.9 Å². The fourth-order valence-corrected chi connectivity index (χ4v) is 1.90. The summed E-state index contributed by atoms with van der Waals surface area (Å²) in [5, 5.41) is 0. The number of aromatic nitrogens is 1. The van der Waals surface area contributed by atoms with Crippen molar-refractivity contribution < 1.29 is 0 Å². The van der Waals surface area contributed by atoms with E-state index < -0.39 is 0 Å². The summed E-state index contributed by atoms with van der Waals surface area (Å²) in [6.07, 6.45) is 5.76. The summed E-state index contributed by atoms with van der Waals surface area (Å²) < 4.78 is 2.66. The summed E-state index contributed by atoms with van der Waals surface area (Å²) in [6, 6.07) is 3.54. The van der Waals surface area contributed by atoms with E-state index in [4.69, 9.17) is 0 Å². The van der Waals surface area contributed by atoms with Gasteiger partial charge in [-0.05, 0) is 24.8 Å². The monoisotopic (exact) mass is 241 g/mol. The topological polar surface area (TPSA) is 22.0 Å². The third kappa shape index (κ3) is 2.02. The SMILES string of the molecule is O=c1cc(Br)ccn1CC1CCC1. The Balaban J connectivity index is 2.15. The molecule has 0 bridgehead atoms. The molecule has 0 atom stereocenters. The van der Waals surface area contributed by atoms with Crippen molar-refractivity contribution in [3.05, 3.63) is 33.2 Å². The largest absolute Gasteiger partial charge is 0.315 e. The molecule has 0 aromatic carbocycles. The Labute approximate surface area is 85.7 Å². The van der Waals surface area contributed by atoms with E-state index in [0.29, 0.717) is 0 Å². The summed E-state index contributed by atoms with van der Waals surface area (Å²) in [5.41, 5.74) is 0.0984. The summed E-state index contributed by atoms with van der Waals surface area (Å²) in [5.74, 6) is 0.735. The first kappa shape index (κ1) is 9.00. The van der Waals surface area contributed by atoms with Crippen LogP contribution in [0.15, 0.2) is 27.6 Å². The lowest BCUT2D eigenvalue weighted by Crippen LogP contribution is -2.26. The molecular formula is C10H12BrNO. The van der Waals surface area contributed by atoms with Crippen LogP contribution in [0, 0.1) is 5.92 Å². The smallest absolute Gasteiger partial charge is 0.251 e. The quantitative estimate of drug-likeness (QED) is 0.780. The molecular weight excluding hydrogens is 230 g/mol. The Hall–Kier alpha value is -0.570. The van der Waals surface area contributed by atoms with E-state index in [-0.39, 0.29) is 5.56 Å². The van der Waals surface area contributed by atoms with Crippen molar-refractivity contribution in [3.63, 3.8) is 0 Å². The van der Waals surface area contributed by atoms with E-state index in [1.54, 1.807) is 10.6 Å². The Morgan fingerprint density at radius 2 is 2.31 bits per heavy atom. The van der Waals surface area contributed by atoms with Crippen LogP contribution in [0.2, 0.25) is 0 Å². The third-order valence-corrected chi connectivity index (χ3v) is 3.13. The molecule has 0 saturated heterocycles. The molecule has 1 aromatic heterocycles. The Morgan fingerprint density at radius 3 is 2.85 bits per heavy atom. The second-order valence-corrected chi connectivity index (χ2v) is 4.55. The molecule has 1 fully saturated rings. The lowest BCUT2D eigenvalue weighted by atomic mass is 9.85. The van der Waals surface area contributed by atoms with Crippen LogP contribution in [0.3, 0.4) is 0 Å². The fraction of sp³-hybridized carbons (Fsp3) is 0.500. The highest BCUT2D eigenvalue weighted by Crippen LogP contribution is 2.27. The molecule has 3 heteroatoms. The average Bonchev–Trinajstić information content (AvgIpc) is 1.99. The highest BCUT2D eigenvalue weighted by molar-refractivity contribution is 9.10. The third-order valence-electron chi connectivity index (χ3n) is 2.64. The minimum Gasteiger partial charge on any atom is -0.315 e. The molecule has 0 aliphatic heterocycles. The zero-order valence-corrected chi connectivity index (χ0v) is 8.96. The van der Waals surface area contributed by atoms with Gasteiger partial charge in [-0.3, -0.25) is 4.79 Å². The summed E-state index contributed by atoms with van der Waals surface area (Å²) in [4.78, 5) is 11.4. The second-order valence-electron chi connectivity index (χ2n) is 3.63. The maximum absolute atomic E-state index is 11.4. The molecule has 0 amide bonds. The average molecular weight is 242 g/mol. The molecule has 1 aromatic rings. The highest BCUT2D eigenvalue weighted by Gasteiger charge is 2.17. The van der Waals surface area contributed by atoms with Crippen molar-refractivity contribution in [1.82, 2.24) is 4.57 Å². The van der Waals surface area contributed by atoms with Gasteiger partial charge in [0.15, 0.2) is 0 Å².